The normalized spacial score (nSPS) is 19.7. The molecule has 2 aliphatic rings. The first-order valence-corrected chi connectivity index (χ1v) is 15.6. The number of esters is 2. The van der Waals surface area contributed by atoms with Gasteiger partial charge < -0.3 is 43.0 Å². The first-order valence-electron chi connectivity index (χ1n) is 15.6. The lowest BCUT2D eigenvalue weighted by Gasteiger charge is -2.39. The Kier molecular flexibility index (Phi) is 11.4. The van der Waals surface area contributed by atoms with E-state index in [1.54, 1.807) is 84.0 Å². The average Bonchev–Trinajstić information content (AvgIpc) is 3.06. The highest BCUT2D eigenvalue weighted by molar-refractivity contribution is 6.02. The molecule has 2 saturated heterocycles. The molecule has 0 unspecified atom stereocenters. The summed E-state index contributed by atoms with van der Waals surface area (Å²) in [6.45, 7) is 11.1. The second kappa shape index (κ2) is 15.0. The van der Waals surface area contributed by atoms with Crippen molar-refractivity contribution < 1.29 is 57.4 Å². The van der Waals surface area contributed by atoms with E-state index >= 15 is 0 Å². The summed E-state index contributed by atoms with van der Waals surface area (Å²) in [7, 11) is 2.88. The Morgan fingerprint density at radius 1 is 0.633 bits per heavy atom. The van der Waals surface area contributed by atoms with Gasteiger partial charge in [0, 0.05) is 6.08 Å². The summed E-state index contributed by atoms with van der Waals surface area (Å²) in [6, 6.07) is 9.70. The molecule has 0 aliphatic carbocycles. The Bertz CT molecular complexity index is 1630. The van der Waals surface area contributed by atoms with Crippen LogP contribution in [0.15, 0.2) is 60.4 Å². The van der Waals surface area contributed by atoms with Gasteiger partial charge in [0.15, 0.2) is 40.4 Å². The summed E-state index contributed by atoms with van der Waals surface area (Å²) in [4.78, 5) is 38.4. The highest BCUT2D eigenvalue weighted by Crippen LogP contribution is 2.36. The minimum Gasteiger partial charge on any atom is -0.508 e. The lowest BCUT2D eigenvalue weighted by atomic mass is 9.92. The molecule has 0 radical (unpaired) electrons. The van der Waals surface area contributed by atoms with E-state index in [0.29, 0.717) is 16.9 Å². The van der Waals surface area contributed by atoms with E-state index in [1.165, 1.54) is 32.4 Å². The van der Waals surface area contributed by atoms with Crippen molar-refractivity contribution in [1.82, 2.24) is 0 Å². The van der Waals surface area contributed by atoms with Gasteiger partial charge in [0.1, 0.15) is 16.6 Å². The summed E-state index contributed by atoms with van der Waals surface area (Å²) in [5, 5.41) is 10.4. The molecule has 0 saturated carbocycles. The zero-order valence-electron chi connectivity index (χ0n) is 29.1. The van der Waals surface area contributed by atoms with Crippen LogP contribution < -0.4 is 18.9 Å². The van der Waals surface area contributed by atoms with Crippen LogP contribution in [0.5, 0.6) is 23.0 Å². The van der Waals surface area contributed by atoms with Gasteiger partial charge in [-0.2, -0.15) is 0 Å². The Morgan fingerprint density at radius 3 is 1.41 bits per heavy atom. The topological polar surface area (TPSA) is 145 Å². The van der Waals surface area contributed by atoms with Gasteiger partial charge in [-0.1, -0.05) is 24.3 Å². The molecule has 2 aromatic carbocycles. The van der Waals surface area contributed by atoms with Gasteiger partial charge >= 0.3 is 11.9 Å². The first-order chi connectivity index (χ1) is 23.0. The van der Waals surface area contributed by atoms with Crippen LogP contribution in [0.4, 0.5) is 0 Å². The third-order valence-corrected chi connectivity index (χ3v) is 7.90. The SMILES string of the molecule is COc1cc(/C=C/C(=O)/C=C(O)/C=C/c2ccc(OC(=O)C3(C)COC(C)(C)OC3)c(OC)c2)ccc1OC(=O)C1(C)COC(C)(C)OC1. The Labute approximate surface area is 286 Å². The van der Waals surface area contributed by atoms with Crippen LogP contribution in [-0.4, -0.2) is 75.0 Å². The van der Waals surface area contributed by atoms with Crippen molar-refractivity contribution in [3.05, 3.63) is 71.5 Å². The molecule has 0 atom stereocenters. The number of ether oxygens (including phenoxy) is 8. The number of benzene rings is 2. The van der Waals surface area contributed by atoms with Gasteiger partial charge in [-0.3, -0.25) is 14.4 Å². The van der Waals surface area contributed by atoms with E-state index in [1.807, 2.05) is 0 Å². The predicted molar refractivity (Wildman–Crippen MR) is 179 cm³/mol. The number of aliphatic hydroxyl groups excluding tert-OH is 1. The van der Waals surface area contributed by atoms with Crippen molar-refractivity contribution in [2.24, 2.45) is 10.8 Å². The molecule has 2 aliphatic heterocycles. The largest absolute Gasteiger partial charge is 0.508 e. The second-order valence-corrected chi connectivity index (χ2v) is 13.3. The molecule has 0 spiro atoms. The average molecular weight is 681 g/mol. The van der Waals surface area contributed by atoms with Crippen molar-refractivity contribution in [2.45, 2.75) is 53.1 Å². The standard InChI is InChI=1S/C37H44O12/c1-34(2)44-20-36(5,21-45-34)32(40)48-28-15-11-24(17-30(28)42-7)9-13-26(38)19-27(39)14-10-25-12-16-29(31(18-25)43-8)49-33(41)37(6)22-46-35(3,4)47-23-37/h9-19,38H,20-23H2,1-8H3/b13-9+,14-10+,26-19-. The molecule has 2 fully saturated rings. The molecular formula is C37H44O12. The summed E-state index contributed by atoms with van der Waals surface area (Å²) in [5.74, 6) is -2.34. The van der Waals surface area contributed by atoms with Crippen LogP contribution >= 0.6 is 0 Å². The fourth-order valence-corrected chi connectivity index (χ4v) is 4.53. The molecular weight excluding hydrogens is 636 g/mol. The molecule has 12 nitrogen and oxygen atoms in total. The van der Waals surface area contributed by atoms with Crippen LogP contribution in [0.1, 0.15) is 52.7 Å². The fraction of sp³-hybridized carbons (Fsp3) is 0.432. The lowest BCUT2D eigenvalue weighted by molar-refractivity contribution is -0.280. The number of ketones is 1. The van der Waals surface area contributed by atoms with Gasteiger partial charge in [-0.15, -0.1) is 0 Å². The summed E-state index contributed by atoms with van der Waals surface area (Å²) in [6.07, 6.45) is 6.79. The van der Waals surface area contributed by atoms with Crippen molar-refractivity contribution in [1.29, 1.82) is 0 Å². The molecule has 1 N–H and O–H groups in total. The molecule has 4 rings (SSSR count). The number of carbonyl (C=O) groups is 3. The molecule has 2 heterocycles. The van der Waals surface area contributed by atoms with Crippen molar-refractivity contribution >= 4 is 29.9 Å². The maximum Gasteiger partial charge on any atom is 0.322 e. The van der Waals surface area contributed by atoms with Crippen LogP contribution in [-0.2, 0) is 33.3 Å². The zero-order chi connectivity index (χ0) is 36.0. The van der Waals surface area contributed by atoms with Crippen molar-refractivity contribution in [3.63, 3.8) is 0 Å². The minimum absolute atomic E-state index is 0.142. The highest BCUT2D eigenvalue weighted by Gasteiger charge is 2.45. The maximum absolute atomic E-state index is 12.9. The number of carbonyl (C=O) groups excluding carboxylic acids is 3. The molecule has 264 valence electrons. The van der Waals surface area contributed by atoms with E-state index in [9.17, 15) is 19.5 Å². The van der Waals surface area contributed by atoms with Gasteiger partial charge in [0.25, 0.3) is 0 Å². The van der Waals surface area contributed by atoms with Gasteiger partial charge in [-0.25, -0.2) is 0 Å². The number of aliphatic hydroxyl groups is 1. The Morgan fingerprint density at radius 2 is 1.02 bits per heavy atom. The second-order valence-electron chi connectivity index (χ2n) is 13.3. The molecule has 0 amide bonds. The first kappa shape index (κ1) is 37.3. The number of allylic oxidation sites excluding steroid dienone is 3. The maximum atomic E-state index is 12.9. The number of hydrogen-bond donors (Lipinski definition) is 1. The van der Waals surface area contributed by atoms with Crippen molar-refractivity contribution in [2.75, 3.05) is 40.6 Å². The number of methoxy groups -OCH3 is 2. The van der Waals surface area contributed by atoms with Crippen LogP contribution in [0, 0.1) is 10.8 Å². The Balaban J connectivity index is 1.35. The van der Waals surface area contributed by atoms with Crippen LogP contribution in [0.2, 0.25) is 0 Å². The van der Waals surface area contributed by atoms with Gasteiger partial charge in [0.05, 0.1) is 40.6 Å². The van der Waals surface area contributed by atoms with E-state index in [-0.39, 0.29) is 49.4 Å². The number of hydrogen-bond acceptors (Lipinski definition) is 12. The van der Waals surface area contributed by atoms with Crippen LogP contribution in [0.3, 0.4) is 0 Å². The van der Waals surface area contributed by atoms with E-state index in [2.05, 4.69) is 0 Å². The predicted octanol–water partition coefficient (Wildman–Crippen LogP) is 5.83. The molecule has 0 bridgehead atoms. The minimum atomic E-state index is -0.990. The third kappa shape index (κ3) is 9.79. The van der Waals surface area contributed by atoms with Gasteiger partial charge in [-0.05, 0) is 89.1 Å². The monoisotopic (exact) mass is 680 g/mol. The smallest absolute Gasteiger partial charge is 0.322 e. The molecule has 12 heteroatoms. The summed E-state index contributed by atoms with van der Waals surface area (Å²) in [5.41, 5.74) is -0.764. The highest BCUT2D eigenvalue weighted by atomic mass is 16.7. The van der Waals surface area contributed by atoms with E-state index < -0.39 is 40.1 Å². The fourth-order valence-electron chi connectivity index (χ4n) is 4.53. The third-order valence-electron chi connectivity index (χ3n) is 7.90. The zero-order valence-corrected chi connectivity index (χ0v) is 29.1. The van der Waals surface area contributed by atoms with E-state index in [0.717, 1.165) is 6.08 Å². The lowest BCUT2D eigenvalue weighted by Crippen LogP contribution is -2.50. The molecule has 49 heavy (non-hydrogen) atoms. The summed E-state index contributed by atoms with van der Waals surface area (Å²) < 4.78 is 44.6. The van der Waals surface area contributed by atoms with E-state index in [4.69, 9.17) is 37.9 Å². The van der Waals surface area contributed by atoms with Crippen LogP contribution in [0.25, 0.3) is 12.2 Å². The molecule has 2 aromatic rings. The number of rotatable bonds is 11. The van der Waals surface area contributed by atoms with Crippen molar-refractivity contribution in [3.8, 4) is 23.0 Å². The van der Waals surface area contributed by atoms with Gasteiger partial charge in [0.2, 0.25) is 0 Å². The summed E-state index contributed by atoms with van der Waals surface area (Å²) >= 11 is 0. The quantitative estimate of drug-likeness (QED) is 0.100. The Hall–Kier alpha value is -4.49. The molecule has 0 aromatic heterocycles.